The molecule has 30 heavy (non-hydrogen) atoms. The Morgan fingerprint density at radius 1 is 0.933 bits per heavy atom. The molecule has 0 heterocycles. The van der Waals surface area contributed by atoms with Crippen molar-refractivity contribution >= 4 is 5.91 Å². The molecule has 0 atom stereocenters. The van der Waals surface area contributed by atoms with Crippen molar-refractivity contribution in [1.29, 1.82) is 5.26 Å². The number of nitriles is 1. The Labute approximate surface area is 176 Å². The molecule has 0 aliphatic heterocycles. The van der Waals surface area contributed by atoms with Gasteiger partial charge in [0.05, 0.1) is 18.2 Å². The topological polar surface area (TPSA) is 71.3 Å². The maximum Gasteiger partial charge on any atom is 0.251 e. The van der Waals surface area contributed by atoms with Gasteiger partial charge in [0.2, 0.25) is 0 Å². The van der Waals surface area contributed by atoms with E-state index < -0.39 is 0 Å². The van der Waals surface area contributed by atoms with Crippen molar-refractivity contribution in [2.75, 3.05) is 6.61 Å². The number of amides is 1. The summed E-state index contributed by atoms with van der Waals surface area (Å²) in [5.41, 5.74) is 3.99. The Morgan fingerprint density at radius 3 is 2.43 bits per heavy atom. The van der Waals surface area contributed by atoms with Gasteiger partial charge < -0.3 is 14.8 Å². The maximum absolute atomic E-state index is 12.6. The van der Waals surface area contributed by atoms with E-state index in [0.29, 0.717) is 36.6 Å². The molecule has 3 aromatic carbocycles. The molecule has 0 radical (unpaired) electrons. The largest absolute Gasteiger partial charge is 0.489 e. The molecule has 5 heteroatoms. The second-order valence-corrected chi connectivity index (χ2v) is 6.67. The molecular formula is C25H24N2O3. The second kappa shape index (κ2) is 10.8. The predicted molar refractivity (Wildman–Crippen MR) is 115 cm³/mol. The average Bonchev–Trinajstić information content (AvgIpc) is 2.80. The molecule has 5 nitrogen and oxygen atoms in total. The molecular weight excluding hydrogens is 376 g/mol. The maximum atomic E-state index is 12.6. The van der Waals surface area contributed by atoms with Crippen molar-refractivity contribution in [2.24, 2.45) is 0 Å². The first-order chi connectivity index (χ1) is 14.7. The van der Waals surface area contributed by atoms with Crippen LogP contribution in [0.25, 0.3) is 0 Å². The van der Waals surface area contributed by atoms with E-state index in [0.717, 1.165) is 16.7 Å². The summed E-state index contributed by atoms with van der Waals surface area (Å²) in [6.45, 7) is 3.81. The summed E-state index contributed by atoms with van der Waals surface area (Å²) in [4.78, 5) is 12.6. The lowest BCUT2D eigenvalue weighted by Crippen LogP contribution is -2.23. The molecule has 3 rings (SSSR count). The number of carbonyl (C=O) groups is 1. The lowest BCUT2D eigenvalue weighted by atomic mass is 10.1. The summed E-state index contributed by atoms with van der Waals surface area (Å²) in [5.74, 6) is 0.399. The summed E-state index contributed by atoms with van der Waals surface area (Å²) >= 11 is 0. The number of rotatable bonds is 9. The Morgan fingerprint density at radius 2 is 1.67 bits per heavy atom. The highest BCUT2D eigenvalue weighted by molar-refractivity contribution is 5.94. The Balaban J connectivity index is 1.62. The first-order valence-electron chi connectivity index (χ1n) is 9.85. The molecule has 0 bridgehead atoms. The highest BCUT2D eigenvalue weighted by atomic mass is 16.5. The highest BCUT2D eigenvalue weighted by Crippen LogP contribution is 2.17. The van der Waals surface area contributed by atoms with Crippen molar-refractivity contribution < 1.29 is 14.3 Å². The van der Waals surface area contributed by atoms with E-state index in [1.165, 1.54) is 0 Å². The third-order valence-corrected chi connectivity index (χ3v) is 4.65. The van der Waals surface area contributed by atoms with Gasteiger partial charge in [0.25, 0.3) is 5.91 Å². The van der Waals surface area contributed by atoms with Crippen LogP contribution >= 0.6 is 0 Å². The summed E-state index contributed by atoms with van der Waals surface area (Å²) in [6.07, 6.45) is 0. The molecule has 0 aliphatic carbocycles. The van der Waals surface area contributed by atoms with E-state index in [4.69, 9.17) is 9.47 Å². The van der Waals surface area contributed by atoms with Gasteiger partial charge in [-0.05, 0) is 42.3 Å². The smallest absolute Gasteiger partial charge is 0.251 e. The van der Waals surface area contributed by atoms with Crippen molar-refractivity contribution in [3.63, 3.8) is 0 Å². The van der Waals surface area contributed by atoms with Gasteiger partial charge in [-0.15, -0.1) is 0 Å². The fraction of sp³-hybridized carbons (Fsp3) is 0.200. The molecule has 1 amide bonds. The van der Waals surface area contributed by atoms with Crippen LogP contribution in [0.3, 0.4) is 0 Å². The SMILES string of the molecule is CCOCc1ccccc1CNC(=O)c1cccc(OCc2ccccc2C#N)c1. The molecule has 152 valence electrons. The van der Waals surface area contributed by atoms with E-state index in [1.54, 1.807) is 30.3 Å². The Bertz CT molecular complexity index is 1040. The van der Waals surface area contributed by atoms with Crippen molar-refractivity contribution in [1.82, 2.24) is 5.32 Å². The molecule has 0 aromatic heterocycles. The Hall–Kier alpha value is -3.62. The van der Waals surface area contributed by atoms with Crippen LogP contribution in [-0.4, -0.2) is 12.5 Å². The van der Waals surface area contributed by atoms with E-state index in [1.807, 2.05) is 49.4 Å². The standard InChI is InChI=1S/C25H24N2O3/c1-2-29-17-22-10-6-4-9-21(22)16-27-25(28)19-12-7-13-24(14-19)30-18-23-11-5-3-8-20(23)15-26/h3-14H,2,16-18H2,1H3,(H,27,28). The molecule has 0 fully saturated rings. The molecule has 0 aliphatic rings. The molecule has 0 saturated heterocycles. The van der Waals surface area contributed by atoms with Crippen LogP contribution in [0.1, 0.15) is 39.5 Å². The minimum atomic E-state index is -0.177. The molecule has 1 N–H and O–H groups in total. The first-order valence-corrected chi connectivity index (χ1v) is 9.85. The van der Waals surface area contributed by atoms with Crippen LogP contribution < -0.4 is 10.1 Å². The van der Waals surface area contributed by atoms with Crippen molar-refractivity contribution in [3.8, 4) is 11.8 Å². The van der Waals surface area contributed by atoms with Gasteiger partial charge in [0, 0.05) is 24.3 Å². The van der Waals surface area contributed by atoms with Crippen molar-refractivity contribution in [3.05, 3.63) is 101 Å². The minimum absolute atomic E-state index is 0.177. The minimum Gasteiger partial charge on any atom is -0.489 e. The van der Waals surface area contributed by atoms with Crippen LogP contribution in [0.2, 0.25) is 0 Å². The monoisotopic (exact) mass is 400 g/mol. The fourth-order valence-electron chi connectivity index (χ4n) is 3.00. The predicted octanol–water partition coefficient (Wildman–Crippen LogP) is 4.60. The summed E-state index contributed by atoms with van der Waals surface area (Å²) in [7, 11) is 0. The second-order valence-electron chi connectivity index (χ2n) is 6.67. The summed E-state index contributed by atoms with van der Waals surface area (Å²) < 4.78 is 11.3. The third kappa shape index (κ3) is 5.69. The van der Waals surface area contributed by atoms with Crippen LogP contribution in [-0.2, 0) is 24.5 Å². The van der Waals surface area contributed by atoms with Gasteiger partial charge in [-0.1, -0.05) is 48.5 Å². The van der Waals surface area contributed by atoms with Crippen molar-refractivity contribution in [2.45, 2.75) is 26.7 Å². The number of carbonyl (C=O) groups excluding carboxylic acids is 1. The number of nitrogens with zero attached hydrogens (tertiary/aromatic N) is 1. The first kappa shape index (κ1) is 21.1. The van der Waals surface area contributed by atoms with E-state index >= 15 is 0 Å². The zero-order chi connectivity index (χ0) is 21.2. The number of hydrogen-bond acceptors (Lipinski definition) is 4. The van der Waals surface area contributed by atoms with E-state index in [2.05, 4.69) is 11.4 Å². The van der Waals surface area contributed by atoms with Gasteiger partial charge in [0.15, 0.2) is 0 Å². The van der Waals surface area contributed by atoms with Gasteiger partial charge in [-0.2, -0.15) is 5.26 Å². The molecule has 0 unspecified atom stereocenters. The molecule has 0 spiro atoms. The fourth-order valence-corrected chi connectivity index (χ4v) is 3.00. The average molecular weight is 400 g/mol. The lowest BCUT2D eigenvalue weighted by molar-refractivity contribution is 0.0949. The third-order valence-electron chi connectivity index (χ3n) is 4.65. The van der Waals surface area contributed by atoms with Gasteiger partial charge in [-0.3, -0.25) is 4.79 Å². The van der Waals surface area contributed by atoms with E-state index in [-0.39, 0.29) is 12.5 Å². The Kier molecular flexibility index (Phi) is 7.59. The zero-order valence-electron chi connectivity index (χ0n) is 16.9. The number of nitrogens with one attached hydrogen (secondary N) is 1. The summed E-state index contributed by atoms with van der Waals surface area (Å²) in [5, 5.41) is 12.1. The molecule has 3 aromatic rings. The highest BCUT2D eigenvalue weighted by Gasteiger charge is 2.09. The van der Waals surface area contributed by atoms with Crippen LogP contribution in [0.4, 0.5) is 0 Å². The molecule has 0 saturated carbocycles. The lowest BCUT2D eigenvalue weighted by Gasteiger charge is -2.12. The number of hydrogen-bond donors (Lipinski definition) is 1. The normalized spacial score (nSPS) is 10.3. The zero-order valence-corrected chi connectivity index (χ0v) is 16.9. The van der Waals surface area contributed by atoms with Gasteiger partial charge in [0.1, 0.15) is 12.4 Å². The van der Waals surface area contributed by atoms with E-state index in [9.17, 15) is 10.1 Å². The van der Waals surface area contributed by atoms with Gasteiger partial charge in [-0.25, -0.2) is 0 Å². The number of benzene rings is 3. The van der Waals surface area contributed by atoms with Gasteiger partial charge >= 0.3 is 0 Å². The number of ether oxygens (including phenoxy) is 2. The van der Waals surface area contributed by atoms with Crippen LogP contribution in [0, 0.1) is 11.3 Å². The van der Waals surface area contributed by atoms with Crippen LogP contribution in [0.15, 0.2) is 72.8 Å². The quantitative estimate of drug-likeness (QED) is 0.570. The summed E-state index contributed by atoms with van der Waals surface area (Å²) in [6, 6.07) is 24.4. The van der Waals surface area contributed by atoms with Crippen LogP contribution in [0.5, 0.6) is 5.75 Å².